The van der Waals surface area contributed by atoms with Crippen LogP contribution in [-0.2, 0) is 16.6 Å². The second kappa shape index (κ2) is 7.75. The quantitative estimate of drug-likeness (QED) is 0.633. The number of nitrogens with one attached hydrogen (secondary N) is 1. The van der Waals surface area contributed by atoms with Gasteiger partial charge in [0.05, 0.1) is 17.7 Å². The molecule has 1 aliphatic carbocycles. The monoisotopic (exact) mass is 410 g/mol. The number of sulfonamides is 1. The summed E-state index contributed by atoms with van der Waals surface area (Å²) in [5, 5.41) is 0. The Hall–Kier alpha value is -3.06. The Labute approximate surface area is 170 Å². The average Bonchev–Trinajstić information content (AvgIpc) is 3.43. The minimum Gasteiger partial charge on any atom is -0.467 e. The third-order valence-corrected chi connectivity index (χ3v) is 6.27. The highest BCUT2D eigenvalue weighted by Gasteiger charge is 2.33. The topological polar surface area (TPSA) is 79.6 Å². The average molecular weight is 410 g/mol. The van der Waals surface area contributed by atoms with Crippen molar-refractivity contribution in [2.24, 2.45) is 0 Å². The van der Waals surface area contributed by atoms with Crippen molar-refractivity contribution in [1.82, 2.24) is 4.90 Å². The predicted molar refractivity (Wildman–Crippen MR) is 110 cm³/mol. The molecule has 0 spiro atoms. The molecule has 6 nitrogen and oxygen atoms in total. The van der Waals surface area contributed by atoms with Gasteiger partial charge in [0, 0.05) is 17.3 Å². The number of furan rings is 1. The Kier molecular flexibility index (Phi) is 5.15. The molecule has 3 aromatic rings. The van der Waals surface area contributed by atoms with E-state index in [-0.39, 0.29) is 16.8 Å². The van der Waals surface area contributed by atoms with Gasteiger partial charge in [-0.3, -0.25) is 9.52 Å². The molecule has 1 saturated carbocycles. The van der Waals surface area contributed by atoms with Crippen LogP contribution in [0.3, 0.4) is 0 Å². The molecular formula is C22H22N2O4S. The van der Waals surface area contributed by atoms with Crippen molar-refractivity contribution in [3.63, 3.8) is 0 Å². The fourth-order valence-corrected chi connectivity index (χ4v) is 4.16. The van der Waals surface area contributed by atoms with Crippen molar-refractivity contribution < 1.29 is 17.6 Å². The Balaban J connectivity index is 1.50. The maximum atomic E-state index is 13.0. The van der Waals surface area contributed by atoms with E-state index < -0.39 is 10.0 Å². The first-order chi connectivity index (χ1) is 13.9. The lowest BCUT2D eigenvalue weighted by Crippen LogP contribution is -2.32. The van der Waals surface area contributed by atoms with Crippen molar-refractivity contribution in [3.8, 4) is 0 Å². The number of carbonyl (C=O) groups excluding carboxylic acids is 1. The van der Waals surface area contributed by atoms with Crippen molar-refractivity contribution in [2.45, 2.75) is 37.2 Å². The molecule has 29 heavy (non-hydrogen) atoms. The molecule has 7 heteroatoms. The lowest BCUT2D eigenvalue weighted by atomic mass is 10.2. The van der Waals surface area contributed by atoms with E-state index >= 15 is 0 Å². The summed E-state index contributed by atoms with van der Waals surface area (Å²) in [5.41, 5.74) is 2.00. The number of aryl methyl sites for hydroxylation is 1. The summed E-state index contributed by atoms with van der Waals surface area (Å²) in [5.74, 6) is 0.603. The SMILES string of the molecule is Cc1ccc(NS(=O)(=O)c2ccc(C(=O)N(Cc3ccco3)C3CC3)cc2)cc1. The summed E-state index contributed by atoms with van der Waals surface area (Å²) in [6.07, 6.45) is 3.53. The molecule has 1 aromatic heterocycles. The van der Waals surface area contributed by atoms with Crippen LogP contribution in [0.1, 0.15) is 34.5 Å². The van der Waals surface area contributed by atoms with Crippen LogP contribution < -0.4 is 4.72 Å². The maximum Gasteiger partial charge on any atom is 0.261 e. The first kappa shape index (κ1) is 19.3. The summed E-state index contributed by atoms with van der Waals surface area (Å²) in [6.45, 7) is 2.34. The number of anilines is 1. The van der Waals surface area contributed by atoms with Gasteiger partial charge in [-0.2, -0.15) is 0 Å². The van der Waals surface area contributed by atoms with E-state index in [1.165, 1.54) is 12.1 Å². The number of nitrogens with zero attached hydrogens (tertiary/aromatic N) is 1. The highest BCUT2D eigenvalue weighted by Crippen LogP contribution is 2.30. The van der Waals surface area contributed by atoms with Crippen LogP contribution in [0.25, 0.3) is 0 Å². The number of hydrogen-bond donors (Lipinski definition) is 1. The summed E-state index contributed by atoms with van der Waals surface area (Å²) >= 11 is 0. The molecule has 1 aliphatic rings. The van der Waals surface area contributed by atoms with Gasteiger partial charge in [0.2, 0.25) is 0 Å². The first-order valence-corrected chi connectivity index (χ1v) is 10.9. The fourth-order valence-electron chi connectivity index (χ4n) is 3.10. The number of hydrogen-bond acceptors (Lipinski definition) is 4. The van der Waals surface area contributed by atoms with Crippen molar-refractivity contribution in [2.75, 3.05) is 4.72 Å². The lowest BCUT2D eigenvalue weighted by molar-refractivity contribution is 0.0717. The highest BCUT2D eigenvalue weighted by molar-refractivity contribution is 7.92. The molecule has 0 saturated heterocycles. The molecule has 0 aliphatic heterocycles. The van der Waals surface area contributed by atoms with Crippen LogP contribution in [0.5, 0.6) is 0 Å². The minimum absolute atomic E-state index is 0.110. The number of amides is 1. The number of rotatable bonds is 7. The zero-order valence-electron chi connectivity index (χ0n) is 16.0. The van der Waals surface area contributed by atoms with Gasteiger partial charge in [-0.15, -0.1) is 0 Å². The molecule has 1 heterocycles. The molecule has 150 valence electrons. The third-order valence-electron chi connectivity index (χ3n) is 4.87. The van der Waals surface area contributed by atoms with Crippen LogP contribution in [0, 0.1) is 6.92 Å². The van der Waals surface area contributed by atoms with Crippen LogP contribution in [0.2, 0.25) is 0 Å². The Morgan fingerprint density at radius 3 is 2.34 bits per heavy atom. The van der Waals surface area contributed by atoms with Crippen molar-refractivity contribution in [3.05, 3.63) is 83.8 Å². The number of carbonyl (C=O) groups is 1. The first-order valence-electron chi connectivity index (χ1n) is 9.45. The molecule has 4 rings (SSSR count). The molecule has 0 radical (unpaired) electrons. The largest absolute Gasteiger partial charge is 0.467 e. The second-order valence-electron chi connectivity index (χ2n) is 7.24. The van der Waals surface area contributed by atoms with E-state index in [9.17, 15) is 13.2 Å². The molecule has 0 atom stereocenters. The Bertz CT molecular complexity index is 1080. The Morgan fingerprint density at radius 1 is 1.07 bits per heavy atom. The molecule has 0 unspecified atom stereocenters. The van der Waals surface area contributed by atoms with E-state index in [0.717, 1.165) is 24.2 Å². The van der Waals surface area contributed by atoms with Gasteiger partial charge < -0.3 is 9.32 Å². The summed E-state index contributed by atoms with van der Waals surface area (Å²) < 4.78 is 33.2. The summed E-state index contributed by atoms with van der Waals surface area (Å²) in [4.78, 5) is 14.9. The molecule has 1 N–H and O–H groups in total. The van der Waals surface area contributed by atoms with Gasteiger partial charge >= 0.3 is 0 Å². The number of benzene rings is 2. The molecule has 1 fully saturated rings. The van der Waals surface area contributed by atoms with Gasteiger partial charge in [0.25, 0.3) is 15.9 Å². The van der Waals surface area contributed by atoms with E-state index in [4.69, 9.17) is 4.42 Å². The van der Waals surface area contributed by atoms with Crippen LogP contribution >= 0.6 is 0 Å². The zero-order chi connectivity index (χ0) is 20.4. The normalized spacial score (nSPS) is 13.8. The van der Waals surface area contributed by atoms with Gasteiger partial charge in [-0.05, 0) is 68.3 Å². The third kappa shape index (κ3) is 4.51. The lowest BCUT2D eigenvalue weighted by Gasteiger charge is -2.21. The van der Waals surface area contributed by atoms with E-state index in [0.29, 0.717) is 17.8 Å². The van der Waals surface area contributed by atoms with Gasteiger partial charge in [-0.1, -0.05) is 17.7 Å². The molecular weight excluding hydrogens is 388 g/mol. The standard InChI is InChI=1S/C22H22N2O4S/c1-16-4-8-18(9-5-16)23-29(26,27)21-12-6-17(7-13-21)22(25)24(19-10-11-19)15-20-3-2-14-28-20/h2-9,12-14,19,23H,10-11,15H2,1H3. The molecule has 2 aromatic carbocycles. The summed E-state index contributed by atoms with van der Waals surface area (Å²) in [6, 6.07) is 17.0. The van der Waals surface area contributed by atoms with E-state index in [1.54, 1.807) is 41.5 Å². The Morgan fingerprint density at radius 2 is 1.76 bits per heavy atom. The predicted octanol–water partition coefficient (Wildman–Crippen LogP) is 4.19. The van der Waals surface area contributed by atoms with Gasteiger partial charge in [0.1, 0.15) is 5.76 Å². The van der Waals surface area contributed by atoms with Crippen LogP contribution in [-0.4, -0.2) is 25.3 Å². The van der Waals surface area contributed by atoms with Crippen molar-refractivity contribution in [1.29, 1.82) is 0 Å². The highest BCUT2D eigenvalue weighted by atomic mass is 32.2. The smallest absolute Gasteiger partial charge is 0.261 e. The fraction of sp³-hybridized carbons (Fsp3) is 0.227. The molecule has 1 amide bonds. The van der Waals surface area contributed by atoms with E-state index in [2.05, 4.69) is 4.72 Å². The van der Waals surface area contributed by atoms with Gasteiger partial charge in [-0.25, -0.2) is 8.42 Å². The van der Waals surface area contributed by atoms with Gasteiger partial charge in [0.15, 0.2) is 0 Å². The van der Waals surface area contributed by atoms with Crippen LogP contribution in [0.4, 0.5) is 5.69 Å². The maximum absolute atomic E-state index is 13.0. The van der Waals surface area contributed by atoms with E-state index in [1.807, 2.05) is 25.1 Å². The molecule has 0 bridgehead atoms. The summed E-state index contributed by atoms with van der Waals surface area (Å²) in [7, 11) is -3.72. The minimum atomic E-state index is -3.72. The van der Waals surface area contributed by atoms with Crippen LogP contribution in [0.15, 0.2) is 76.2 Å². The second-order valence-corrected chi connectivity index (χ2v) is 8.92. The van der Waals surface area contributed by atoms with Crippen molar-refractivity contribution >= 4 is 21.6 Å². The zero-order valence-corrected chi connectivity index (χ0v) is 16.9.